The van der Waals surface area contributed by atoms with Gasteiger partial charge in [-0.05, 0) is 44.1 Å². The Morgan fingerprint density at radius 2 is 1.89 bits per heavy atom. The molecule has 5 heteroatoms. The molecule has 2 aliphatic heterocycles. The molecule has 5 nitrogen and oxygen atoms in total. The third kappa shape index (κ3) is 4.18. The van der Waals surface area contributed by atoms with Gasteiger partial charge in [0.05, 0.1) is 12.3 Å². The van der Waals surface area contributed by atoms with Gasteiger partial charge in [0, 0.05) is 38.3 Å². The van der Waals surface area contributed by atoms with Crippen molar-refractivity contribution in [3.05, 3.63) is 35.4 Å². The van der Waals surface area contributed by atoms with E-state index in [1.165, 1.54) is 18.4 Å². The van der Waals surface area contributed by atoms with Crippen LogP contribution in [0.1, 0.15) is 36.8 Å². The molecule has 1 atom stereocenters. The summed E-state index contributed by atoms with van der Waals surface area (Å²) in [5, 5.41) is 3.16. The number of hydrogen-bond acceptors (Lipinski definition) is 3. The zero-order valence-corrected chi connectivity index (χ0v) is 16.2. The van der Waals surface area contributed by atoms with E-state index in [2.05, 4.69) is 5.32 Å². The quantitative estimate of drug-likeness (QED) is 0.865. The molecule has 2 heterocycles. The Bertz CT molecular complexity index is 690. The molecule has 0 unspecified atom stereocenters. The van der Waals surface area contributed by atoms with Crippen LogP contribution < -0.4 is 5.32 Å². The van der Waals surface area contributed by atoms with E-state index >= 15 is 0 Å². The van der Waals surface area contributed by atoms with E-state index in [-0.39, 0.29) is 23.1 Å². The van der Waals surface area contributed by atoms with Crippen molar-refractivity contribution in [2.75, 3.05) is 32.8 Å². The van der Waals surface area contributed by atoms with Gasteiger partial charge in [0.25, 0.3) is 0 Å². The minimum Gasteiger partial charge on any atom is -0.381 e. The van der Waals surface area contributed by atoms with Crippen molar-refractivity contribution < 1.29 is 14.3 Å². The molecule has 1 spiro atoms. The van der Waals surface area contributed by atoms with Gasteiger partial charge in [-0.1, -0.05) is 29.8 Å². The highest BCUT2D eigenvalue weighted by molar-refractivity contribution is 5.84. The molecule has 4 rings (SSSR count). The molecule has 2 amide bonds. The van der Waals surface area contributed by atoms with Crippen LogP contribution in [0.5, 0.6) is 0 Å². The zero-order chi connectivity index (χ0) is 18.9. The van der Waals surface area contributed by atoms with Gasteiger partial charge in [-0.3, -0.25) is 9.59 Å². The molecule has 2 saturated heterocycles. The average molecular weight is 370 g/mol. The maximum Gasteiger partial charge on any atom is 0.227 e. The van der Waals surface area contributed by atoms with Gasteiger partial charge in [0.2, 0.25) is 11.8 Å². The fourth-order valence-corrected chi connectivity index (χ4v) is 4.49. The molecule has 1 N–H and O–H groups in total. The predicted octanol–water partition coefficient (Wildman–Crippen LogP) is 2.32. The molecular formula is C22H30N2O3. The van der Waals surface area contributed by atoms with Gasteiger partial charge in [-0.15, -0.1) is 0 Å². The van der Waals surface area contributed by atoms with Crippen LogP contribution in [0.4, 0.5) is 0 Å². The van der Waals surface area contributed by atoms with Crippen molar-refractivity contribution in [3.63, 3.8) is 0 Å². The summed E-state index contributed by atoms with van der Waals surface area (Å²) in [5.74, 6) is 0.819. The summed E-state index contributed by atoms with van der Waals surface area (Å²) in [6, 6.07) is 8.13. The number of nitrogens with zero attached hydrogens (tertiary/aromatic N) is 1. The molecule has 146 valence electrons. The third-order valence-electron chi connectivity index (χ3n) is 6.54. The van der Waals surface area contributed by atoms with E-state index in [1.807, 2.05) is 36.1 Å². The van der Waals surface area contributed by atoms with Crippen LogP contribution in [-0.4, -0.2) is 49.6 Å². The number of nitrogens with one attached hydrogen (secondary N) is 1. The average Bonchev–Trinajstić information content (AvgIpc) is 3.43. The number of amides is 2. The first kappa shape index (κ1) is 18.5. The second-order valence-corrected chi connectivity index (χ2v) is 8.65. The van der Waals surface area contributed by atoms with Gasteiger partial charge in [0.15, 0.2) is 0 Å². The van der Waals surface area contributed by atoms with E-state index in [4.69, 9.17) is 4.74 Å². The lowest BCUT2D eigenvalue weighted by atomic mass is 9.71. The molecule has 3 fully saturated rings. The Morgan fingerprint density at radius 3 is 2.56 bits per heavy atom. The molecule has 0 radical (unpaired) electrons. The van der Waals surface area contributed by atoms with Gasteiger partial charge in [-0.2, -0.15) is 0 Å². The molecule has 1 saturated carbocycles. The monoisotopic (exact) mass is 370 g/mol. The largest absolute Gasteiger partial charge is 0.381 e. The van der Waals surface area contributed by atoms with E-state index in [9.17, 15) is 9.59 Å². The molecule has 27 heavy (non-hydrogen) atoms. The fourth-order valence-electron chi connectivity index (χ4n) is 4.49. The standard InChI is InChI=1S/C22H30N2O3/c1-16-2-4-17(5-3-16)12-20(25)24-14-19(21(26)23-13-18-6-7-18)22(15-24)8-10-27-11-9-22/h2-5,18-19H,6-15H2,1H3,(H,23,26)/t19-/m1/s1. The Kier molecular flexibility index (Phi) is 5.22. The molecule has 0 aromatic heterocycles. The molecule has 1 aromatic rings. The Morgan fingerprint density at radius 1 is 1.19 bits per heavy atom. The van der Waals surface area contributed by atoms with Crippen LogP contribution in [-0.2, 0) is 20.7 Å². The Labute approximate surface area is 161 Å². The number of hydrogen-bond donors (Lipinski definition) is 1. The summed E-state index contributed by atoms with van der Waals surface area (Å²) in [5.41, 5.74) is 2.11. The van der Waals surface area contributed by atoms with Crippen LogP contribution in [0.15, 0.2) is 24.3 Å². The van der Waals surface area contributed by atoms with Crippen LogP contribution >= 0.6 is 0 Å². The number of rotatable bonds is 5. The topological polar surface area (TPSA) is 58.6 Å². The summed E-state index contributed by atoms with van der Waals surface area (Å²) in [6.07, 6.45) is 4.59. The van der Waals surface area contributed by atoms with Crippen molar-refractivity contribution in [1.82, 2.24) is 10.2 Å². The molecular weight excluding hydrogens is 340 g/mol. The van der Waals surface area contributed by atoms with Crippen LogP contribution in [0.2, 0.25) is 0 Å². The van der Waals surface area contributed by atoms with E-state index in [1.54, 1.807) is 0 Å². The van der Waals surface area contributed by atoms with E-state index in [0.717, 1.165) is 24.9 Å². The number of benzene rings is 1. The summed E-state index contributed by atoms with van der Waals surface area (Å²) in [6.45, 7) is 5.44. The second kappa shape index (κ2) is 7.63. The van der Waals surface area contributed by atoms with Gasteiger partial charge < -0.3 is 15.0 Å². The number of likely N-dealkylation sites (tertiary alicyclic amines) is 1. The Balaban J connectivity index is 1.44. The lowest BCUT2D eigenvalue weighted by Gasteiger charge is -2.37. The van der Waals surface area contributed by atoms with Crippen molar-refractivity contribution in [3.8, 4) is 0 Å². The minimum atomic E-state index is -0.116. The first-order valence-electron chi connectivity index (χ1n) is 10.2. The van der Waals surface area contributed by atoms with Crippen molar-refractivity contribution in [1.29, 1.82) is 0 Å². The normalized spacial score (nSPS) is 24.2. The fraction of sp³-hybridized carbons (Fsp3) is 0.636. The number of carbonyl (C=O) groups is 2. The summed E-state index contributed by atoms with van der Waals surface area (Å²) in [7, 11) is 0. The lowest BCUT2D eigenvalue weighted by molar-refractivity contribution is -0.130. The zero-order valence-electron chi connectivity index (χ0n) is 16.2. The second-order valence-electron chi connectivity index (χ2n) is 8.65. The van der Waals surface area contributed by atoms with Crippen LogP contribution in [0.25, 0.3) is 0 Å². The van der Waals surface area contributed by atoms with Crippen LogP contribution in [0, 0.1) is 24.2 Å². The van der Waals surface area contributed by atoms with E-state index < -0.39 is 0 Å². The maximum absolute atomic E-state index is 12.9. The maximum atomic E-state index is 12.9. The SMILES string of the molecule is Cc1ccc(CC(=O)N2C[C@H](C(=O)NCC3CC3)C3(CCOCC3)C2)cc1. The summed E-state index contributed by atoms with van der Waals surface area (Å²) < 4.78 is 5.56. The van der Waals surface area contributed by atoms with Gasteiger partial charge >= 0.3 is 0 Å². The van der Waals surface area contributed by atoms with Crippen molar-refractivity contribution in [2.24, 2.45) is 17.3 Å². The molecule has 0 bridgehead atoms. The highest BCUT2D eigenvalue weighted by Gasteiger charge is 2.51. The molecule has 3 aliphatic rings. The third-order valence-corrected chi connectivity index (χ3v) is 6.54. The highest BCUT2D eigenvalue weighted by atomic mass is 16.5. The van der Waals surface area contributed by atoms with Crippen molar-refractivity contribution >= 4 is 11.8 Å². The number of ether oxygens (including phenoxy) is 1. The van der Waals surface area contributed by atoms with Crippen LogP contribution in [0.3, 0.4) is 0 Å². The molecule has 1 aliphatic carbocycles. The first-order chi connectivity index (χ1) is 13.1. The number of aryl methyl sites for hydroxylation is 1. The Hall–Kier alpha value is -1.88. The van der Waals surface area contributed by atoms with Gasteiger partial charge in [0.1, 0.15) is 0 Å². The first-order valence-corrected chi connectivity index (χ1v) is 10.2. The number of carbonyl (C=O) groups excluding carboxylic acids is 2. The van der Waals surface area contributed by atoms with Gasteiger partial charge in [-0.25, -0.2) is 0 Å². The molecule has 1 aromatic carbocycles. The minimum absolute atomic E-state index is 0.109. The highest BCUT2D eigenvalue weighted by Crippen LogP contribution is 2.44. The summed E-state index contributed by atoms with van der Waals surface area (Å²) >= 11 is 0. The van der Waals surface area contributed by atoms with Crippen molar-refractivity contribution in [2.45, 2.75) is 39.0 Å². The summed E-state index contributed by atoms with van der Waals surface area (Å²) in [4.78, 5) is 27.8. The smallest absolute Gasteiger partial charge is 0.227 e. The predicted molar refractivity (Wildman–Crippen MR) is 103 cm³/mol. The lowest BCUT2D eigenvalue weighted by Crippen LogP contribution is -2.44. The van der Waals surface area contributed by atoms with E-state index in [0.29, 0.717) is 38.6 Å².